The van der Waals surface area contributed by atoms with E-state index in [-0.39, 0.29) is 17.9 Å². The number of hydrogen-bond donors (Lipinski definition) is 1. The topological polar surface area (TPSA) is 65.5 Å². The number of rotatable bonds is 4. The Morgan fingerprint density at radius 3 is 2.66 bits per heavy atom. The summed E-state index contributed by atoms with van der Waals surface area (Å²) in [7, 11) is 0. The van der Waals surface area contributed by atoms with Crippen molar-refractivity contribution in [1.82, 2.24) is 20.1 Å². The van der Waals surface area contributed by atoms with Gasteiger partial charge in [0.15, 0.2) is 0 Å². The maximum Gasteiger partial charge on any atom is 0.317 e. The second-order valence-corrected chi connectivity index (χ2v) is 11.8. The minimum absolute atomic E-state index is 0.0478. The van der Waals surface area contributed by atoms with Gasteiger partial charge in [-0.15, -0.1) is 0 Å². The Morgan fingerprint density at radius 2 is 1.89 bits per heavy atom. The van der Waals surface area contributed by atoms with Gasteiger partial charge in [-0.1, -0.05) is 22.0 Å². The molecular formula is C27H32Br2N4O2. The van der Waals surface area contributed by atoms with Crippen LogP contribution in [-0.2, 0) is 17.6 Å². The van der Waals surface area contributed by atoms with Gasteiger partial charge in [-0.2, -0.15) is 0 Å². The molecule has 3 heterocycles. The molecule has 186 valence electrons. The first-order valence-electron chi connectivity index (χ1n) is 12.6. The van der Waals surface area contributed by atoms with Gasteiger partial charge in [-0.25, -0.2) is 4.79 Å². The van der Waals surface area contributed by atoms with E-state index in [1.807, 2.05) is 11.1 Å². The number of urea groups is 1. The summed E-state index contributed by atoms with van der Waals surface area (Å²) in [6.07, 6.45) is 7.17. The van der Waals surface area contributed by atoms with Crippen molar-refractivity contribution in [3.05, 3.63) is 61.3 Å². The van der Waals surface area contributed by atoms with Gasteiger partial charge in [0.25, 0.3) is 0 Å². The van der Waals surface area contributed by atoms with E-state index in [1.54, 1.807) is 4.90 Å². The number of nitrogens with one attached hydrogen (secondary N) is 1. The Labute approximate surface area is 224 Å². The van der Waals surface area contributed by atoms with E-state index in [4.69, 9.17) is 4.98 Å². The summed E-state index contributed by atoms with van der Waals surface area (Å²) in [5.41, 5.74) is 6.58. The Morgan fingerprint density at radius 1 is 1.11 bits per heavy atom. The van der Waals surface area contributed by atoms with Gasteiger partial charge in [0.2, 0.25) is 5.91 Å². The quantitative estimate of drug-likeness (QED) is 0.523. The lowest BCUT2D eigenvalue weighted by Crippen LogP contribution is -2.48. The van der Waals surface area contributed by atoms with Gasteiger partial charge in [0.05, 0.1) is 5.69 Å². The van der Waals surface area contributed by atoms with Gasteiger partial charge in [0.1, 0.15) is 0 Å². The second-order valence-electron chi connectivity index (χ2n) is 10.0. The molecule has 2 aromatic rings. The molecule has 0 saturated carbocycles. The molecule has 6 nitrogen and oxygen atoms in total. The monoisotopic (exact) mass is 602 g/mol. The molecule has 0 spiro atoms. The van der Waals surface area contributed by atoms with Crippen molar-refractivity contribution in [3.8, 4) is 0 Å². The van der Waals surface area contributed by atoms with Gasteiger partial charge in [-0.05, 0) is 95.3 Å². The smallest absolute Gasteiger partial charge is 0.317 e. The highest BCUT2D eigenvalue weighted by molar-refractivity contribution is 9.10. The summed E-state index contributed by atoms with van der Waals surface area (Å²) < 4.78 is 2.20. The number of benzene rings is 1. The third kappa shape index (κ3) is 5.29. The van der Waals surface area contributed by atoms with Gasteiger partial charge >= 0.3 is 6.03 Å². The number of halogens is 2. The summed E-state index contributed by atoms with van der Waals surface area (Å²) >= 11 is 7.52. The van der Waals surface area contributed by atoms with Crippen LogP contribution in [0.4, 0.5) is 4.79 Å². The molecule has 3 aliphatic rings. The number of likely N-dealkylation sites (tertiary alicyclic amines) is 1. The average molecular weight is 604 g/mol. The first-order chi connectivity index (χ1) is 16.9. The third-order valence-corrected chi connectivity index (χ3v) is 8.81. The van der Waals surface area contributed by atoms with Crippen LogP contribution in [0.25, 0.3) is 0 Å². The summed E-state index contributed by atoms with van der Waals surface area (Å²) in [6, 6.07) is 6.75. The zero-order chi connectivity index (χ0) is 24.5. The fraction of sp³-hybridized carbons (Fsp3) is 0.519. The van der Waals surface area contributed by atoms with Gasteiger partial charge < -0.3 is 15.1 Å². The minimum Gasteiger partial charge on any atom is -0.343 e. The van der Waals surface area contributed by atoms with Crippen LogP contribution in [0.5, 0.6) is 0 Å². The molecule has 2 saturated heterocycles. The van der Waals surface area contributed by atoms with Crippen molar-refractivity contribution < 1.29 is 9.59 Å². The molecule has 1 aromatic carbocycles. The molecule has 8 heteroatoms. The fourth-order valence-electron chi connectivity index (χ4n) is 5.98. The summed E-state index contributed by atoms with van der Waals surface area (Å²) in [6.45, 7) is 5.64. The third-order valence-electron chi connectivity index (χ3n) is 7.72. The Kier molecular flexibility index (Phi) is 7.49. The molecule has 1 aliphatic carbocycles. The van der Waals surface area contributed by atoms with E-state index in [9.17, 15) is 9.59 Å². The van der Waals surface area contributed by atoms with Crippen molar-refractivity contribution >= 4 is 43.8 Å². The zero-order valence-corrected chi connectivity index (χ0v) is 23.3. The average Bonchev–Trinajstić information content (AvgIpc) is 3.00. The lowest BCUT2D eigenvalue weighted by molar-refractivity contribution is -0.132. The molecule has 1 atom stereocenters. The normalized spacial score (nSPS) is 20.7. The molecule has 5 rings (SSSR count). The van der Waals surface area contributed by atoms with Crippen LogP contribution in [0, 0.1) is 12.8 Å². The fourth-order valence-corrected chi connectivity index (χ4v) is 7.22. The Bertz CT molecular complexity index is 1130. The predicted molar refractivity (Wildman–Crippen MR) is 144 cm³/mol. The van der Waals surface area contributed by atoms with Crippen molar-refractivity contribution in [1.29, 1.82) is 0 Å². The highest BCUT2D eigenvalue weighted by Gasteiger charge is 2.36. The SMILES string of the molecule is Cc1cc(Br)c2c(c1)CCc1cc(Br)cnc1[C@@H]2C1CCN(C(=O)CCN2CCCNC2=O)CC1. The Hall–Kier alpha value is -1.93. The predicted octanol–water partition coefficient (Wildman–Crippen LogP) is 5.19. The van der Waals surface area contributed by atoms with Crippen molar-refractivity contribution in [2.24, 2.45) is 5.92 Å². The molecule has 1 N–H and O–H groups in total. The van der Waals surface area contributed by atoms with E-state index >= 15 is 0 Å². The summed E-state index contributed by atoms with van der Waals surface area (Å²) in [5, 5.41) is 2.86. The zero-order valence-electron chi connectivity index (χ0n) is 20.2. The number of carbonyl (C=O) groups is 2. The van der Waals surface area contributed by atoms with Gasteiger partial charge in [-0.3, -0.25) is 9.78 Å². The number of hydrogen-bond acceptors (Lipinski definition) is 3. The first-order valence-corrected chi connectivity index (χ1v) is 14.2. The van der Waals surface area contributed by atoms with Gasteiger partial charge in [0, 0.05) is 60.2 Å². The highest BCUT2D eigenvalue weighted by Crippen LogP contribution is 2.45. The van der Waals surface area contributed by atoms with E-state index < -0.39 is 0 Å². The number of pyridine rings is 1. The molecule has 2 aliphatic heterocycles. The van der Waals surface area contributed by atoms with Crippen LogP contribution in [0.3, 0.4) is 0 Å². The second kappa shape index (κ2) is 10.6. The Balaban J connectivity index is 1.33. The molecular weight excluding hydrogens is 572 g/mol. The van der Waals surface area contributed by atoms with Crippen LogP contribution < -0.4 is 5.32 Å². The summed E-state index contributed by atoms with van der Waals surface area (Å²) in [4.78, 5) is 33.6. The number of nitrogens with zero attached hydrogens (tertiary/aromatic N) is 3. The molecule has 2 fully saturated rings. The lowest BCUT2D eigenvalue weighted by atomic mass is 9.76. The van der Waals surface area contributed by atoms with E-state index in [2.05, 4.69) is 62.3 Å². The van der Waals surface area contributed by atoms with Crippen molar-refractivity contribution in [2.45, 2.75) is 51.4 Å². The van der Waals surface area contributed by atoms with Crippen molar-refractivity contribution in [2.75, 3.05) is 32.7 Å². The number of amides is 3. The molecule has 1 aromatic heterocycles. The lowest BCUT2D eigenvalue weighted by Gasteiger charge is -2.37. The van der Waals surface area contributed by atoms with Crippen LogP contribution in [0.2, 0.25) is 0 Å². The van der Waals surface area contributed by atoms with E-state index in [0.29, 0.717) is 18.9 Å². The number of carbonyl (C=O) groups excluding carboxylic acids is 2. The standard InChI is InChI=1S/C27H32Br2N4O2/c1-17-13-19-3-4-20-15-21(28)16-31-26(20)25(24(19)22(29)14-17)18-5-10-32(11-6-18)23(34)7-12-33-9-2-8-30-27(33)35/h13-16,18,25H,2-12H2,1H3,(H,30,35)/t25-/m1/s1. The number of fused-ring (bicyclic) bond motifs is 2. The van der Waals surface area contributed by atoms with Crippen LogP contribution in [-0.4, -0.2) is 59.4 Å². The molecule has 0 radical (unpaired) electrons. The molecule has 0 unspecified atom stereocenters. The number of aryl methyl sites for hydroxylation is 3. The van der Waals surface area contributed by atoms with Crippen LogP contribution in [0.1, 0.15) is 59.5 Å². The maximum atomic E-state index is 13.0. The van der Waals surface area contributed by atoms with E-state index in [1.165, 1.54) is 32.4 Å². The number of aromatic nitrogens is 1. The minimum atomic E-state index is -0.0478. The molecule has 0 bridgehead atoms. The van der Waals surface area contributed by atoms with Crippen LogP contribution in [0.15, 0.2) is 33.3 Å². The van der Waals surface area contributed by atoms with E-state index in [0.717, 1.165) is 62.8 Å². The molecule has 35 heavy (non-hydrogen) atoms. The van der Waals surface area contributed by atoms with Crippen molar-refractivity contribution in [3.63, 3.8) is 0 Å². The number of piperidine rings is 1. The van der Waals surface area contributed by atoms with Crippen LogP contribution >= 0.6 is 31.9 Å². The molecule has 3 amide bonds. The largest absolute Gasteiger partial charge is 0.343 e. The summed E-state index contributed by atoms with van der Waals surface area (Å²) in [5.74, 6) is 0.803. The highest BCUT2D eigenvalue weighted by atomic mass is 79.9. The first kappa shape index (κ1) is 24.8. The maximum absolute atomic E-state index is 13.0.